The zero-order chi connectivity index (χ0) is 23.3. The van der Waals surface area contributed by atoms with Crippen LogP contribution in [0.15, 0.2) is 46.9 Å². The Morgan fingerprint density at radius 1 is 1.00 bits per heavy atom. The van der Waals surface area contributed by atoms with E-state index in [9.17, 15) is 31.9 Å². The van der Waals surface area contributed by atoms with Gasteiger partial charge in [0, 0.05) is 28.3 Å². The second kappa shape index (κ2) is 10.1. The van der Waals surface area contributed by atoms with Crippen molar-refractivity contribution in [1.29, 1.82) is 0 Å². The molecule has 0 spiro atoms. The monoisotopic (exact) mass is 456 g/mol. The van der Waals surface area contributed by atoms with Crippen LogP contribution in [-0.2, 0) is 14.4 Å². The van der Waals surface area contributed by atoms with Gasteiger partial charge in [-0.25, -0.2) is 22.4 Å². The highest BCUT2D eigenvalue weighted by atomic mass is 32.2. The van der Waals surface area contributed by atoms with Gasteiger partial charge in [-0.05, 0) is 38.1 Å². The summed E-state index contributed by atoms with van der Waals surface area (Å²) in [4.78, 5) is 35.2. The molecule has 2 aromatic carbocycles. The van der Waals surface area contributed by atoms with Crippen LogP contribution < -0.4 is 10.6 Å². The van der Waals surface area contributed by atoms with Gasteiger partial charge in [-0.2, -0.15) is 0 Å². The molecule has 31 heavy (non-hydrogen) atoms. The number of benzene rings is 2. The van der Waals surface area contributed by atoms with Gasteiger partial charge >= 0.3 is 5.97 Å². The van der Waals surface area contributed by atoms with E-state index in [1.165, 1.54) is 26.0 Å². The Bertz CT molecular complexity index is 1030. The Morgan fingerprint density at radius 3 is 2.06 bits per heavy atom. The van der Waals surface area contributed by atoms with Crippen LogP contribution in [-0.4, -0.2) is 28.1 Å². The van der Waals surface area contributed by atoms with Crippen LogP contribution in [0.5, 0.6) is 0 Å². The van der Waals surface area contributed by atoms with Gasteiger partial charge in [0.05, 0.1) is 5.25 Å². The molecule has 2 rings (SSSR count). The summed E-state index contributed by atoms with van der Waals surface area (Å²) < 4.78 is 53.9. The highest BCUT2D eigenvalue weighted by Crippen LogP contribution is 2.28. The summed E-state index contributed by atoms with van der Waals surface area (Å²) in [5.41, 5.74) is -0.992. The average molecular weight is 456 g/mol. The second-order valence-corrected chi connectivity index (χ2v) is 7.65. The quantitative estimate of drug-likeness (QED) is 0.250. The fraction of sp³-hybridized carbons (Fsp3) is 0.150. The van der Waals surface area contributed by atoms with E-state index < -0.39 is 52.0 Å². The maximum Gasteiger partial charge on any atom is 0.331 e. The van der Waals surface area contributed by atoms with E-state index in [0.29, 0.717) is 10.6 Å². The third-order valence-electron chi connectivity index (χ3n) is 3.85. The number of aliphatic carboxylic acids is 1. The summed E-state index contributed by atoms with van der Waals surface area (Å²) in [5, 5.41) is 12.2. The van der Waals surface area contributed by atoms with Crippen molar-refractivity contribution in [2.75, 3.05) is 10.6 Å². The second-order valence-electron chi connectivity index (χ2n) is 6.24. The molecule has 3 N–H and O–H groups in total. The number of carboxylic acids is 1. The number of carbonyl (C=O) groups excluding carboxylic acids is 2. The lowest BCUT2D eigenvalue weighted by Gasteiger charge is -2.14. The number of nitrogens with one attached hydrogen (secondary N) is 2. The van der Waals surface area contributed by atoms with Crippen LogP contribution in [0.3, 0.4) is 0 Å². The van der Waals surface area contributed by atoms with Crippen LogP contribution in [0.4, 0.5) is 28.9 Å². The van der Waals surface area contributed by atoms with Crippen molar-refractivity contribution in [3.8, 4) is 0 Å². The molecule has 0 heterocycles. The number of halogens is 4. The first-order valence-corrected chi connectivity index (χ1v) is 9.50. The molecule has 0 aromatic heterocycles. The van der Waals surface area contributed by atoms with Gasteiger partial charge in [0.25, 0.3) is 0 Å². The lowest BCUT2D eigenvalue weighted by atomic mass is 10.2. The van der Waals surface area contributed by atoms with E-state index in [-0.39, 0.29) is 11.6 Å². The van der Waals surface area contributed by atoms with E-state index in [4.69, 9.17) is 5.11 Å². The minimum atomic E-state index is -1.71. The summed E-state index contributed by atoms with van der Waals surface area (Å²) in [6.07, 6.45) is 0.922. The maximum absolute atomic E-state index is 13.7. The Balaban J connectivity index is 2.02. The normalized spacial score (nSPS) is 12.3. The first-order valence-electron chi connectivity index (χ1n) is 8.62. The van der Waals surface area contributed by atoms with Crippen molar-refractivity contribution in [2.24, 2.45) is 0 Å². The van der Waals surface area contributed by atoms with Gasteiger partial charge in [-0.3, -0.25) is 9.59 Å². The maximum atomic E-state index is 13.7. The van der Waals surface area contributed by atoms with E-state index in [1.54, 1.807) is 12.1 Å². The lowest BCUT2D eigenvalue weighted by Crippen LogP contribution is -2.24. The van der Waals surface area contributed by atoms with Crippen LogP contribution in [0.2, 0.25) is 0 Å². The number of thioether (sulfide) groups is 1. The molecule has 0 aliphatic carbocycles. The topological polar surface area (TPSA) is 95.5 Å². The number of carbonyl (C=O) groups is 3. The largest absolute Gasteiger partial charge is 0.478 e. The highest BCUT2D eigenvalue weighted by molar-refractivity contribution is 8.00. The SMILES string of the molecule is C/C(=C/C(=O)Nc1ccc(S[C@H](C)C(=O)Nc2c(F)c(F)cc(F)c2F)cc1)C(=O)O. The zero-order valence-corrected chi connectivity index (χ0v) is 17.0. The summed E-state index contributed by atoms with van der Waals surface area (Å²) in [6, 6.07) is 6.12. The summed E-state index contributed by atoms with van der Waals surface area (Å²) in [5.74, 6) is -9.46. The molecule has 2 aromatic rings. The molecule has 0 bridgehead atoms. The van der Waals surface area contributed by atoms with Gasteiger partial charge in [-0.1, -0.05) is 0 Å². The van der Waals surface area contributed by atoms with Gasteiger partial charge in [-0.15, -0.1) is 11.8 Å². The minimum absolute atomic E-state index is 0.0393. The molecular weight excluding hydrogens is 440 g/mol. The van der Waals surface area contributed by atoms with Crippen molar-refractivity contribution >= 4 is 40.9 Å². The summed E-state index contributed by atoms with van der Waals surface area (Å²) >= 11 is 0.986. The van der Waals surface area contributed by atoms with E-state index in [0.717, 1.165) is 17.8 Å². The van der Waals surface area contributed by atoms with Gasteiger partial charge < -0.3 is 15.7 Å². The molecular formula is C20H16F4N2O4S. The van der Waals surface area contributed by atoms with Gasteiger partial charge in [0.1, 0.15) is 5.69 Å². The van der Waals surface area contributed by atoms with Crippen LogP contribution in [0, 0.1) is 23.3 Å². The fourth-order valence-electron chi connectivity index (χ4n) is 2.22. The number of hydrogen-bond donors (Lipinski definition) is 3. The minimum Gasteiger partial charge on any atom is -0.478 e. The molecule has 2 amide bonds. The number of rotatable bonds is 7. The zero-order valence-electron chi connectivity index (χ0n) is 16.1. The van der Waals surface area contributed by atoms with Crippen molar-refractivity contribution in [3.05, 3.63) is 65.2 Å². The summed E-state index contributed by atoms with van der Waals surface area (Å²) in [7, 11) is 0. The van der Waals surface area contributed by atoms with E-state index >= 15 is 0 Å². The standard InChI is InChI=1S/C20H16F4N2O4S/c1-9(20(29)30)7-15(27)25-11-3-5-12(6-4-11)31-10(2)19(28)26-18-16(23)13(21)8-14(22)17(18)24/h3-8,10H,1-2H3,(H,25,27)(H,26,28)(H,29,30)/b9-7-/t10-/m1/s1. The van der Waals surface area contributed by atoms with Crippen molar-refractivity contribution < 1.29 is 37.1 Å². The molecule has 0 unspecified atom stereocenters. The van der Waals surface area contributed by atoms with Crippen LogP contribution in [0.1, 0.15) is 13.8 Å². The Hall–Kier alpha value is -3.34. The van der Waals surface area contributed by atoms with Crippen molar-refractivity contribution in [2.45, 2.75) is 24.0 Å². The molecule has 0 fully saturated rings. The van der Waals surface area contributed by atoms with Crippen molar-refractivity contribution in [3.63, 3.8) is 0 Å². The summed E-state index contributed by atoms with van der Waals surface area (Å²) in [6.45, 7) is 2.69. The molecule has 11 heteroatoms. The van der Waals surface area contributed by atoms with E-state index in [2.05, 4.69) is 5.32 Å². The van der Waals surface area contributed by atoms with Crippen LogP contribution in [0.25, 0.3) is 0 Å². The number of carboxylic acid groups (broad SMARTS) is 1. The fourth-order valence-corrected chi connectivity index (χ4v) is 3.09. The third kappa shape index (κ3) is 6.32. The molecule has 0 aliphatic heterocycles. The van der Waals surface area contributed by atoms with Gasteiger partial charge in [0.15, 0.2) is 23.3 Å². The smallest absolute Gasteiger partial charge is 0.331 e. The highest BCUT2D eigenvalue weighted by Gasteiger charge is 2.23. The lowest BCUT2D eigenvalue weighted by molar-refractivity contribution is -0.132. The van der Waals surface area contributed by atoms with Gasteiger partial charge in [0.2, 0.25) is 11.8 Å². The molecule has 164 valence electrons. The van der Waals surface area contributed by atoms with Crippen LogP contribution >= 0.6 is 11.8 Å². The number of amides is 2. The number of hydrogen-bond acceptors (Lipinski definition) is 4. The van der Waals surface area contributed by atoms with E-state index in [1.807, 2.05) is 5.32 Å². The molecule has 0 radical (unpaired) electrons. The molecule has 0 saturated heterocycles. The predicted molar refractivity (Wildman–Crippen MR) is 107 cm³/mol. The molecule has 0 saturated carbocycles. The third-order valence-corrected chi connectivity index (χ3v) is 4.96. The molecule has 1 atom stereocenters. The molecule has 6 nitrogen and oxygen atoms in total. The Labute approximate surface area is 178 Å². The predicted octanol–water partition coefficient (Wildman–Crippen LogP) is 4.33. The van der Waals surface area contributed by atoms with Crippen molar-refractivity contribution in [1.82, 2.24) is 0 Å². The first-order chi connectivity index (χ1) is 14.5. The molecule has 0 aliphatic rings. The first kappa shape index (κ1) is 23.9. The number of anilines is 2. The Kier molecular flexibility index (Phi) is 7.81. The Morgan fingerprint density at radius 2 is 1.55 bits per heavy atom. The average Bonchev–Trinajstić information content (AvgIpc) is 2.70.